The molecule has 7 nitrogen and oxygen atoms in total. The molecular formula is C24H26N2O5. The molecule has 3 amide bonds. The summed E-state index contributed by atoms with van der Waals surface area (Å²) in [6.07, 6.45) is 0.290. The smallest absolute Gasteiger partial charge is 0.306 e. The molecule has 0 radical (unpaired) electrons. The molecule has 0 atom stereocenters. The van der Waals surface area contributed by atoms with Gasteiger partial charge in [-0.25, -0.2) is 0 Å². The van der Waals surface area contributed by atoms with Gasteiger partial charge in [0.1, 0.15) is 0 Å². The summed E-state index contributed by atoms with van der Waals surface area (Å²) in [5.74, 6) is -1.53. The van der Waals surface area contributed by atoms with Crippen LogP contribution >= 0.6 is 0 Å². The number of hydrogen-bond acceptors (Lipinski definition) is 5. The number of fused-ring (bicyclic) bond motifs is 1. The highest BCUT2D eigenvalue weighted by atomic mass is 16.5. The number of amides is 3. The van der Waals surface area contributed by atoms with E-state index in [1.54, 1.807) is 31.3 Å². The Morgan fingerprint density at radius 2 is 1.65 bits per heavy atom. The van der Waals surface area contributed by atoms with Gasteiger partial charge in [-0.2, -0.15) is 0 Å². The predicted octanol–water partition coefficient (Wildman–Crippen LogP) is 2.88. The van der Waals surface area contributed by atoms with Gasteiger partial charge in [0.15, 0.2) is 6.61 Å². The average Bonchev–Trinajstić information content (AvgIpc) is 2.99. The van der Waals surface area contributed by atoms with Crippen LogP contribution in [0.4, 0.5) is 0 Å². The summed E-state index contributed by atoms with van der Waals surface area (Å²) in [6, 6.07) is 12.7. The molecular weight excluding hydrogens is 396 g/mol. The van der Waals surface area contributed by atoms with Crippen molar-refractivity contribution in [3.05, 3.63) is 70.3 Å². The van der Waals surface area contributed by atoms with Crippen LogP contribution in [-0.4, -0.2) is 53.7 Å². The molecule has 2 aromatic carbocycles. The Bertz CT molecular complexity index is 995. The lowest BCUT2D eigenvalue weighted by molar-refractivity contribution is -0.151. The van der Waals surface area contributed by atoms with Gasteiger partial charge < -0.3 is 9.64 Å². The molecule has 1 aliphatic rings. The van der Waals surface area contributed by atoms with Gasteiger partial charge in [-0.15, -0.1) is 0 Å². The highest BCUT2D eigenvalue weighted by Crippen LogP contribution is 2.22. The zero-order valence-electron chi connectivity index (χ0n) is 18.0. The third-order valence-electron chi connectivity index (χ3n) is 5.33. The molecule has 7 heteroatoms. The highest BCUT2D eigenvalue weighted by Gasteiger charge is 2.34. The van der Waals surface area contributed by atoms with Gasteiger partial charge in [0.25, 0.3) is 17.7 Å². The molecule has 0 aromatic heterocycles. The number of ether oxygens (including phenoxy) is 1. The second-order valence-corrected chi connectivity index (χ2v) is 7.75. The minimum absolute atomic E-state index is 0.0153. The summed E-state index contributed by atoms with van der Waals surface area (Å²) in [7, 11) is 1.66. The van der Waals surface area contributed by atoms with Crippen LogP contribution in [-0.2, 0) is 20.9 Å². The first-order valence-electron chi connectivity index (χ1n) is 10.2. The lowest BCUT2D eigenvalue weighted by Crippen LogP contribution is -2.32. The summed E-state index contributed by atoms with van der Waals surface area (Å²) < 4.78 is 5.07. The molecule has 1 aliphatic heterocycles. The number of carbonyl (C=O) groups excluding carboxylic acids is 4. The Labute approximate surface area is 181 Å². The molecule has 0 bridgehead atoms. The molecule has 0 fully saturated rings. The number of carbonyl (C=O) groups is 4. The van der Waals surface area contributed by atoms with E-state index in [-0.39, 0.29) is 43.7 Å². The van der Waals surface area contributed by atoms with Crippen molar-refractivity contribution >= 4 is 23.7 Å². The third-order valence-corrected chi connectivity index (χ3v) is 5.33. The monoisotopic (exact) mass is 422 g/mol. The van der Waals surface area contributed by atoms with E-state index in [2.05, 4.69) is 6.07 Å². The molecule has 0 unspecified atom stereocenters. The van der Waals surface area contributed by atoms with E-state index in [1.165, 1.54) is 4.90 Å². The topological polar surface area (TPSA) is 84.0 Å². The highest BCUT2D eigenvalue weighted by molar-refractivity contribution is 6.21. The number of likely N-dealkylation sites (N-methyl/N-ethyl adjacent to an activating group) is 1. The number of esters is 1. The Morgan fingerprint density at radius 1 is 1.00 bits per heavy atom. The molecule has 2 aromatic rings. The van der Waals surface area contributed by atoms with E-state index < -0.39 is 5.97 Å². The second-order valence-electron chi connectivity index (χ2n) is 7.75. The lowest BCUT2D eigenvalue weighted by atomic mass is 10.1. The van der Waals surface area contributed by atoms with Crippen LogP contribution in [0.25, 0.3) is 0 Å². The van der Waals surface area contributed by atoms with Crippen molar-refractivity contribution in [1.29, 1.82) is 0 Å². The van der Waals surface area contributed by atoms with Crippen molar-refractivity contribution in [3.8, 4) is 0 Å². The van der Waals surface area contributed by atoms with Crippen LogP contribution in [0.1, 0.15) is 50.2 Å². The van der Waals surface area contributed by atoms with Crippen LogP contribution in [0.3, 0.4) is 0 Å². The minimum atomic E-state index is -0.537. The van der Waals surface area contributed by atoms with Gasteiger partial charge in [0.2, 0.25) is 0 Å². The van der Waals surface area contributed by atoms with Crippen molar-refractivity contribution in [3.63, 3.8) is 0 Å². The van der Waals surface area contributed by atoms with E-state index in [1.807, 2.05) is 26.0 Å². The fourth-order valence-corrected chi connectivity index (χ4v) is 3.52. The van der Waals surface area contributed by atoms with Crippen molar-refractivity contribution in [1.82, 2.24) is 9.80 Å². The molecule has 1 heterocycles. The van der Waals surface area contributed by atoms with E-state index >= 15 is 0 Å². The number of imide groups is 1. The van der Waals surface area contributed by atoms with Crippen LogP contribution in [0.15, 0.2) is 42.5 Å². The number of nitrogens with zero attached hydrogens (tertiary/aromatic N) is 2. The first kappa shape index (κ1) is 22.2. The number of aryl methyl sites for hydroxylation is 2. The summed E-state index contributed by atoms with van der Waals surface area (Å²) in [5, 5.41) is 0. The number of hydrogen-bond donors (Lipinski definition) is 0. The fraction of sp³-hybridized carbons (Fsp3) is 0.333. The van der Waals surface area contributed by atoms with E-state index in [0.717, 1.165) is 21.6 Å². The Balaban J connectivity index is 1.41. The van der Waals surface area contributed by atoms with Gasteiger partial charge in [0, 0.05) is 26.6 Å². The zero-order chi connectivity index (χ0) is 22.5. The lowest BCUT2D eigenvalue weighted by Gasteiger charge is -2.19. The molecule has 162 valence electrons. The van der Waals surface area contributed by atoms with Crippen molar-refractivity contribution < 1.29 is 23.9 Å². The van der Waals surface area contributed by atoms with Gasteiger partial charge in [-0.05, 0) is 43.5 Å². The fourth-order valence-electron chi connectivity index (χ4n) is 3.52. The molecule has 0 aliphatic carbocycles. The predicted molar refractivity (Wildman–Crippen MR) is 114 cm³/mol. The van der Waals surface area contributed by atoms with E-state index in [9.17, 15) is 19.2 Å². The van der Waals surface area contributed by atoms with E-state index in [4.69, 9.17) is 4.74 Å². The first-order valence-corrected chi connectivity index (χ1v) is 10.2. The first-order chi connectivity index (χ1) is 14.8. The zero-order valence-corrected chi connectivity index (χ0v) is 18.0. The molecule has 0 N–H and O–H groups in total. The Kier molecular flexibility index (Phi) is 6.84. The van der Waals surface area contributed by atoms with Gasteiger partial charge >= 0.3 is 5.97 Å². The maximum absolute atomic E-state index is 12.3. The Morgan fingerprint density at radius 3 is 2.26 bits per heavy atom. The standard InChI is InChI=1S/C24H26N2O5/c1-16-10-11-18(17(2)13-16)14-25(3)21(27)15-31-22(28)9-6-12-26-23(29)19-7-4-5-8-20(19)24(26)30/h4-5,7-8,10-11,13H,6,9,12,14-15H2,1-3H3. The molecule has 0 spiro atoms. The molecule has 31 heavy (non-hydrogen) atoms. The maximum atomic E-state index is 12.3. The van der Waals surface area contributed by atoms with Crippen molar-refractivity contribution in [2.75, 3.05) is 20.2 Å². The summed E-state index contributed by atoms with van der Waals surface area (Å²) in [6.45, 7) is 4.23. The molecule has 0 saturated carbocycles. The number of rotatable bonds is 8. The largest absolute Gasteiger partial charge is 0.456 e. The summed E-state index contributed by atoms with van der Waals surface area (Å²) >= 11 is 0. The normalized spacial score (nSPS) is 12.7. The van der Waals surface area contributed by atoms with Gasteiger partial charge in [-0.3, -0.25) is 24.1 Å². The van der Waals surface area contributed by atoms with Crippen molar-refractivity contribution in [2.24, 2.45) is 0 Å². The quantitative estimate of drug-likeness (QED) is 0.483. The second kappa shape index (κ2) is 9.55. The summed E-state index contributed by atoms with van der Waals surface area (Å²) in [5.41, 5.74) is 4.06. The third kappa shape index (κ3) is 5.17. The molecule has 0 saturated heterocycles. The maximum Gasteiger partial charge on any atom is 0.306 e. The van der Waals surface area contributed by atoms with E-state index in [0.29, 0.717) is 17.7 Å². The van der Waals surface area contributed by atoms with Crippen molar-refractivity contribution in [2.45, 2.75) is 33.2 Å². The summed E-state index contributed by atoms with van der Waals surface area (Å²) in [4.78, 5) is 51.5. The average molecular weight is 422 g/mol. The van der Waals surface area contributed by atoms with Crippen LogP contribution < -0.4 is 0 Å². The van der Waals surface area contributed by atoms with Crippen LogP contribution in [0.2, 0.25) is 0 Å². The Hall–Kier alpha value is -3.48. The minimum Gasteiger partial charge on any atom is -0.456 e. The number of benzene rings is 2. The van der Waals surface area contributed by atoms with Gasteiger partial charge in [0.05, 0.1) is 11.1 Å². The SMILES string of the molecule is Cc1ccc(CN(C)C(=O)COC(=O)CCCN2C(=O)c3ccccc3C2=O)c(C)c1. The van der Waals surface area contributed by atoms with Crippen LogP contribution in [0.5, 0.6) is 0 Å². The van der Waals surface area contributed by atoms with Crippen LogP contribution in [0, 0.1) is 13.8 Å². The molecule has 3 rings (SSSR count). The van der Waals surface area contributed by atoms with Gasteiger partial charge in [-0.1, -0.05) is 35.9 Å².